The van der Waals surface area contributed by atoms with Gasteiger partial charge in [-0.25, -0.2) is 0 Å². The van der Waals surface area contributed by atoms with Crippen molar-refractivity contribution in [3.8, 4) is 0 Å². The normalized spacial score (nSPS) is 50.5. The monoisotopic (exact) mass is 233 g/mol. The van der Waals surface area contributed by atoms with Crippen LogP contribution in [0.1, 0.15) is 64.2 Å². The van der Waals surface area contributed by atoms with Crippen molar-refractivity contribution in [2.24, 2.45) is 17.8 Å². The van der Waals surface area contributed by atoms with Gasteiger partial charge in [0.25, 0.3) is 0 Å². The van der Waals surface area contributed by atoms with E-state index in [1.807, 2.05) is 0 Å². The fourth-order valence-electron chi connectivity index (χ4n) is 6.00. The van der Waals surface area contributed by atoms with E-state index in [2.05, 4.69) is 4.90 Å². The van der Waals surface area contributed by atoms with Crippen LogP contribution in [0.15, 0.2) is 0 Å². The van der Waals surface area contributed by atoms with Gasteiger partial charge in [0, 0.05) is 5.54 Å². The molecule has 0 radical (unpaired) electrons. The van der Waals surface area contributed by atoms with E-state index in [1.165, 1.54) is 38.8 Å². The summed E-state index contributed by atoms with van der Waals surface area (Å²) in [5.74, 6) is 3.35. The first-order chi connectivity index (χ1) is 8.34. The predicted octanol–water partition coefficient (Wildman–Crippen LogP) is 3.83. The van der Waals surface area contributed by atoms with Crippen LogP contribution in [0.5, 0.6) is 0 Å². The Kier molecular flexibility index (Phi) is 2.54. The molecular formula is C16H27N. The molecule has 17 heavy (non-hydrogen) atoms. The maximum Gasteiger partial charge on any atom is 0.0217 e. The van der Waals surface area contributed by atoms with Gasteiger partial charge in [0.05, 0.1) is 0 Å². The Labute approximate surface area is 106 Å². The van der Waals surface area contributed by atoms with Crippen LogP contribution >= 0.6 is 0 Å². The lowest BCUT2D eigenvalue weighted by Gasteiger charge is -2.60. The van der Waals surface area contributed by atoms with Crippen molar-refractivity contribution in [1.82, 2.24) is 4.90 Å². The summed E-state index contributed by atoms with van der Waals surface area (Å²) in [6.07, 6.45) is 15.4. The minimum absolute atomic E-state index is 0.694. The number of nitrogens with zero attached hydrogens (tertiary/aromatic N) is 1. The van der Waals surface area contributed by atoms with E-state index in [4.69, 9.17) is 0 Å². The second-order valence-corrected chi connectivity index (χ2v) is 7.54. The quantitative estimate of drug-likeness (QED) is 0.665. The summed E-state index contributed by atoms with van der Waals surface area (Å²) >= 11 is 0. The molecular weight excluding hydrogens is 206 g/mol. The Morgan fingerprint density at radius 3 is 1.59 bits per heavy atom. The third kappa shape index (κ3) is 1.77. The molecule has 0 aromatic carbocycles. The Bertz CT molecular complexity index is 253. The lowest BCUT2D eigenvalue weighted by Crippen LogP contribution is -2.60. The minimum Gasteiger partial charge on any atom is -0.298 e. The first-order valence-corrected chi connectivity index (χ1v) is 8.09. The van der Waals surface area contributed by atoms with E-state index in [-0.39, 0.29) is 0 Å². The fraction of sp³-hybridized carbons (Fsp3) is 1.00. The van der Waals surface area contributed by atoms with Crippen LogP contribution in [-0.2, 0) is 0 Å². The maximum absolute atomic E-state index is 2.96. The second kappa shape index (κ2) is 3.98. The standard InChI is InChI=1S/C16H27N/c1-2-4-6-17(5-3-1)16-10-13-7-14(11-16)9-15(8-13)12-16/h13-15H,1-12H2. The van der Waals surface area contributed by atoms with Crippen LogP contribution in [0.4, 0.5) is 0 Å². The molecule has 1 nitrogen and oxygen atoms in total. The zero-order valence-electron chi connectivity index (χ0n) is 11.2. The zero-order valence-corrected chi connectivity index (χ0v) is 11.2. The lowest BCUT2D eigenvalue weighted by atomic mass is 9.52. The van der Waals surface area contributed by atoms with E-state index in [0.717, 1.165) is 17.8 Å². The predicted molar refractivity (Wildman–Crippen MR) is 70.9 cm³/mol. The second-order valence-electron chi connectivity index (χ2n) is 7.54. The van der Waals surface area contributed by atoms with E-state index in [1.54, 1.807) is 38.5 Å². The van der Waals surface area contributed by atoms with Crippen molar-refractivity contribution in [2.75, 3.05) is 13.1 Å². The van der Waals surface area contributed by atoms with Gasteiger partial charge in [-0.1, -0.05) is 12.8 Å². The largest absolute Gasteiger partial charge is 0.298 e. The molecule has 5 aliphatic rings. The van der Waals surface area contributed by atoms with Crippen molar-refractivity contribution in [3.63, 3.8) is 0 Å². The third-order valence-corrected chi connectivity index (χ3v) is 6.28. The summed E-state index contributed by atoms with van der Waals surface area (Å²) < 4.78 is 0. The highest BCUT2D eigenvalue weighted by molar-refractivity contribution is 5.07. The molecule has 0 N–H and O–H groups in total. The molecule has 4 bridgehead atoms. The number of likely N-dealkylation sites (tertiary alicyclic amines) is 1. The molecule has 96 valence electrons. The van der Waals surface area contributed by atoms with Gasteiger partial charge in [-0.05, 0) is 82.2 Å². The summed E-state index contributed by atoms with van der Waals surface area (Å²) in [7, 11) is 0. The minimum atomic E-state index is 0.694. The van der Waals surface area contributed by atoms with Crippen LogP contribution in [0, 0.1) is 17.8 Å². The highest BCUT2D eigenvalue weighted by Gasteiger charge is 2.53. The van der Waals surface area contributed by atoms with Gasteiger partial charge in [0.2, 0.25) is 0 Å². The number of hydrogen-bond donors (Lipinski definition) is 0. The molecule has 4 saturated carbocycles. The smallest absolute Gasteiger partial charge is 0.0217 e. The highest BCUT2D eigenvalue weighted by atomic mass is 15.2. The van der Waals surface area contributed by atoms with Gasteiger partial charge in [-0.15, -0.1) is 0 Å². The van der Waals surface area contributed by atoms with Gasteiger partial charge in [0.15, 0.2) is 0 Å². The molecule has 5 fully saturated rings. The van der Waals surface area contributed by atoms with E-state index >= 15 is 0 Å². The van der Waals surface area contributed by atoms with Gasteiger partial charge in [0.1, 0.15) is 0 Å². The van der Waals surface area contributed by atoms with Crippen LogP contribution in [0.25, 0.3) is 0 Å². The van der Waals surface area contributed by atoms with Crippen molar-refractivity contribution in [3.05, 3.63) is 0 Å². The van der Waals surface area contributed by atoms with Crippen molar-refractivity contribution < 1.29 is 0 Å². The maximum atomic E-state index is 2.96. The molecule has 1 aliphatic heterocycles. The van der Waals surface area contributed by atoms with E-state index in [9.17, 15) is 0 Å². The molecule has 1 heterocycles. The fourth-order valence-corrected chi connectivity index (χ4v) is 6.00. The van der Waals surface area contributed by atoms with E-state index < -0.39 is 0 Å². The Morgan fingerprint density at radius 2 is 1.12 bits per heavy atom. The molecule has 0 aromatic heterocycles. The molecule has 0 aromatic rings. The molecule has 4 aliphatic carbocycles. The summed E-state index contributed by atoms with van der Waals surface area (Å²) in [6.45, 7) is 2.85. The Morgan fingerprint density at radius 1 is 0.647 bits per heavy atom. The van der Waals surface area contributed by atoms with Gasteiger partial charge in [-0.2, -0.15) is 0 Å². The van der Waals surface area contributed by atoms with Gasteiger partial charge >= 0.3 is 0 Å². The van der Waals surface area contributed by atoms with Crippen LogP contribution in [0.3, 0.4) is 0 Å². The average molecular weight is 233 g/mol. The van der Waals surface area contributed by atoms with Crippen LogP contribution in [-0.4, -0.2) is 23.5 Å². The topological polar surface area (TPSA) is 3.24 Å². The van der Waals surface area contributed by atoms with Crippen LogP contribution < -0.4 is 0 Å². The molecule has 1 saturated heterocycles. The summed E-state index contributed by atoms with van der Waals surface area (Å²) in [4.78, 5) is 2.96. The van der Waals surface area contributed by atoms with Crippen molar-refractivity contribution in [1.29, 1.82) is 0 Å². The first-order valence-electron chi connectivity index (χ1n) is 8.09. The highest BCUT2D eigenvalue weighted by Crippen LogP contribution is 2.57. The average Bonchev–Trinajstić information content (AvgIpc) is 2.55. The summed E-state index contributed by atoms with van der Waals surface area (Å²) in [5, 5.41) is 0. The lowest BCUT2D eigenvalue weighted by molar-refractivity contribution is -0.0875. The molecule has 0 amide bonds. The van der Waals surface area contributed by atoms with Crippen molar-refractivity contribution >= 4 is 0 Å². The van der Waals surface area contributed by atoms with E-state index in [0.29, 0.717) is 5.54 Å². The number of rotatable bonds is 1. The Hall–Kier alpha value is -0.0400. The molecule has 1 heteroatoms. The van der Waals surface area contributed by atoms with Crippen LogP contribution in [0.2, 0.25) is 0 Å². The third-order valence-electron chi connectivity index (χ3n) is 6.28. The van der Waals surface area contributed by atoms with Gasteiger partial charge < -0.3 is 0 Å². The van der Waals surface area contributed by atoms with Crippen molar-refractivity contribution in [2.45, 2.75) is 69.7 Å². The zero-order chi connectivity index (χ0) is 11.3. The summed E-state index contributed by atoms with van der Waals surface area (Å²) in [5.41, 5.74) is 0.694. The molecule has 5 rings (SSSR count). The Balaban J connectivity index is 1.58. The molecule has 0 unspecified atom stereocenters. The summed E-state index contributed by atoms with van der Waals surface area (Å²) in [6, 6.07) is 0. The van der Waals surface area contributed by atoms with Gasteiger partial charge in [-0.3, -0.25) is 4.90 Å². The molecule has 0 spiro atoms. The first kappa shape index (κ1) is 10.8. The molecule has 0 atom stereocenters. The number of hydrogen-bond acceptors (Lipinski definition) is 1. The SMILES string of the molecule is C1CCCN(C23CC4CC(CC(C4)C2)C3)CC1.